The lowest BCUT2D eigenvalue weighted by Crippen LogP contribution is -2.01. The van der Waals surface area contributed by atoms with Gasteiger partial charge in [-0.25, -0.2) is 9.97 Å². The van der Waals surface area contributed by atoms with E-state index in [0.717, 1.165) is 11.6 Å². The van der Waals surface area contributed by atoms with E-state index >= 15 is 0 Å². The molecule has 1 aromatic heterocycles. The highest BCUT2D eigenvalue weighted by atomic mass is 15.0. The SMILES string of the molecule is CC#CCNc1ccnc(C)n1. The van der Waals surface area contributed by atoms with Gasteiger partial charge in [0.1, 0.15) is 11.6 Å². The first-order chi connectivity index (χ1) is 5.83. The van der Waals surface area contributed by atoms with Crippen LogP contribution >= 0.6 is 0 Å². The Morgan fingerprint density at radius 3 is 3.08 bits per heavy atom. The van der Waals surface area contributed by atoms with Gasteiger partial charge >= 0.3 is 0 Å². The summed E-state index contributed by atoms with van der Waals surface area (Å²) in [6.07, 6.45) is 1.73. The Morgan fingerprint density at radius 2 is 2.42 bits per heavy atom. The summed E-state index contributed by atoms with van der Waals surface area (Å²) in [6, 6.07) is 1.82. The van der Waals surface area contributed by atoms with Crippen LogP contribution in [-0.4, -0.2) is 16.5 Å². The lowest BCUT2D eigenvalue weighted by Gasteiger charge is -2.00. The van der Waals surface area contributed by atoms with Gasteiger partial charge in [-0.15, -0.1) is 5.92 Å². The largest absolute Gasteiger partial charge is 0.359 e. The molecular weight excluding hydrogens is 150 g/mol. The van der Waals surface area contributed by atoms with Gasteiger partial charge in [0.15, 0.2) is 0 Å². The van der Waals surface area contributed by atoms with E-state index in [1.807, 2.05) is 19.9 Å². The summed E-state index contributed by atoms with van der Waals surface area (Å²) in [5.41, 5.74) is 0. The number of rotatable bonds is 2. The maximum Gasteiger partial charge on any atom is 0.130 e. The molecule has 1 N–H and O–H groups in total. The summed E-state index contributed by atoms with van der Waals surface area (Å²) in [5.74, 6) is 7.28. The minimum atomic E-state index is 0.632. The molecule has 0 radical (unpaired) electrons. The third-order valence-electron chi connectivity index (χ3n) is 1.31. The van der Waals surface area contributed by atoms with Crippen molar-refractivity contribution in [1.82, 2.24) is 9.97 Å². The standard InChI is InChI=1S/C9H11N3/c1-3-4-6-11-9-5-7-10-8(2)12-9/h5,7H,6H2,1-2H3,(H,10,11,12). The first kappa shape index (κ1) is 8.54. The Morgan fingerprint density at radius 1 is 1.58 bits per heavy atom. The number of hydrogen-bond donors (Lipinski definition) is 1. The number of aromatic nitrogens is 2. The molecule has 0 unspecified atom stereocenters. The summed E-state index contributed by atoms with van der Waals surface area (Å²) in [6.45, 7) is 4.30. The van der Waals surface area contributed by atoms with Crippen molar-refractivity contribution >= 4 is 5.82 Å². The highest BCUT2D eigenvalue weighted by molar-refractivity contribution is 5.34. The molecule has 0 bridgehead atoms. The Labute approximate surface area is 72.2 Å². The number of hydrogen-bond acceptors (Lipinski definition) is 3. The molecule has 0 fully saturated rings. The van der Waals surface area contributed by atoms with Gasteiger partial charge in [-0.3, -0.25) is 0 Å². The summed E-state index contributed by atoms with van der Waals surface area (Å²) in [7, 11) is 0. The van der Waals surface area contributed by atoms with Crippen molar-refractivity contribution in [3.8, 4) is 11.8 Å². The van der Waals surface area contributed by atoms with Gasteiger partial charge in [-0.1, -0.05) is 5.92 Å². The molecule has 1 rings (SSSR count). The third kappa shape index (κ3) is 2.59. The predicted molar refractivity (Wildman–Crippen MR) is 48.7 cm³/mol. The van der Waals surface area contributed by atoms with Gasteiger partial charge in [-0.05, 0) is 19.9 Å². The first-order valence-electron chi connectivity index (χ1n) is 3.76. The van der Waals surface area contributed by atoms with Gasteiger partial charge in [-0.2, -0.15) is 0 Å². The zero-order valence-electron chi connectivity index (χ0n) is 7.26. The molecule has 0 amide bonds. The summed E-state index contributed by atoms with van der Waals surface area (Å²) in [4.78, 5) is 8.14. The smallest absolute Gasteiger partial charge is 0.130 e. The number of nitrogens with zero attached hydrogens (tertiary/aromatic N) is 2. The van der Waals surface area contributed by atoms with Crippen molar-refractivity contribution in [1.29, 1.82) is 0 Å². The van der Waals surface area contributed by atoms with E-state index in [1.54, 1.807) is 6.20 Å². The Hall–Kier alpha value is -1.56. The zero-order valence-corrected chi connectivity index (χ0v) is 7.26. The Balaban J connectivity index is 2.55. The second kappa shape index (κ2) is 4.35. The molecule has 0 aliphatic rings. The van der Waals surface area contributed by atoms with Crippen molar-refractivity contribution in [2.45, 2.75) is 13.8 Å². The van der Waals surface area contributed by atoms with Gasteiger partial charge in [0, 0.05) is 6.20 Å². The average Bonchev–Trinajstić information content (AvgIpc) is 2.05. The van der Waals surface area contributed by atoms with Crippen LogP contribution in [0.25, 0.3) is 0 Å². The van der Waals surface area contributed by atoms with Crippen LogP contribution < -0.4 is 5.32 Å². The van der Waals surface area contributed by atoms with E-state index in [1.165, 1.54) is 0 Å². The van der Waals surface area contributed by atoms with Crippen molar-refractivity contribution in [3.63, 3.8) is 0 Å². The zero-order chi connectivity index (χ0) is 8.81. The molecule has 0 saturated carbocycles. The van der Waals surface area contributed by atoms with E-state index in [-0.39, 0.29) is 0 Å². The molecule has 0 saturated heterocycles. The minimum absolute atomic E-state index is 0.632. The molecule has 3 heteroatoms. The average molecular weight is 161 g/mol. The molecule has 1 heterocycles. The van der Waals surface area contributed by atoms with E-state index in [2.05, 4.69) is 27.1 Å². The quantitative estimate of drug-likeness (QED) is 0.663. The molecule has 0 spiro atoms. The van der Waals surface area contributed by atoms with Gasteiger partial charge in [0.2, 0.25) is 0 Å². The Kier molecular flexibility index (Phi) is 3.09. The minimum Gasteiger partial charge on any atom is -0.359 e. The van der Waals surface area contributed by atoms with Crippen molar-refractivity contribution in [2.24, 2.45) is 0 Å². The van der Waals surface area contributed by atoms with Crippen LogP contribution in [0.5, 0.6) is 0 Å². The highest BCUT2D eigenvalue weighted by Crippen LogP contribution is 1.99. The number of aryl methyl sites for hydroxylation is 1. The normalized spacial score (nSPS) is 8.50. The molecule has 0 aliphatic heterocycles. The molecular formula is C9H11N3. The predicted octanol–water partition coefficient (Wildman–Crippen LogP) is 1.22. The summed E-state index contributed by atoms with van der Waals surface area (Å²) >= 11 is 0. The van der Waals surface area contributed by atoms with E-state index in [9.17, 15) is 0 Å². The van der Waals surface area contributed by atoms with Crippen molar-refractivity contribution in [3.05, 3.63) is 18.1 Å². The van der Waals surface area contributed by atoms with Crippen LogP contribution in [0.2, 0.25) is 0 Å². The van der Waals surface area contributed by atoms with E-state index in [0.29, 0.717) is 6.54 Å². The van der Waals surface area contributed by atoms with Crippen LogP contribution in [0.3, 0.4) is 0 Å². The molecule has 0 atom stereocenters. The monoisotopic (exact) mass is 161 g/mol. The maximum absolute atomic E-state index is 4.15. The summed E-state index contributed by atoms with van der Waals surface area (Å²) in [5, 5.41) is 3.06. The molecule has 3 nitrogen and oxygen atoms in total. The van der Waals surface area contributed by atoms with Crippen molar-refractivity contribution < 1.29 is 0 Å². The lowest BCUT2D eigenvalue weighted by atomic mass is 10.5. The fourth-order valence-electron chi connectivity index (χ4n) is 0.778. The number of nitrogens with one attached hydrogen (secondary N) is 1. The molecule has 0 aromatic carbocycles. The lowest BCUT2D eigenvalue weighted by molar-refractivity contribution is 1.05. The molecule has 62 valence electrons. The van der Waals surface area contributed by atoms with Crippen LogP contribution in [0.1, 0.15) is 12.7 Å². The second-order valence-corrected chi connectivity index (χ2v) is 2.27. The second-order valence-electron chi connectivity index (χ2n) is 2.27. The first-order valence-corrected chi connectivity index (χ1v) is 3.76. The van der Waals surface area contributed by atoms with Crippen LogP contribution in [0.15, 0.2) is 12.3 Å². The Bertz CT molecular complexity index is 309. The molecule has 12 heavy (non-hydrogen) atoms. The third-order valence-corrected chi connectivity index (χ3v) is 1.31. The topological polar surface area (TPSA) is 37.8 Å². The molecule has 0 aliphatic carbocycles. The maximum atomic E-state index is 4.15. The van der Waals surface area contributed by atoms with Gasteiger partial charge < -0.3 is 5.32 Å². The van der Waals surface area contributed by atoms with E-state index in [4.69, 9.17) is 0 Å². The highest BCUT2D eigenvalue weighted by Gasteiger charge is 1.90. The van der Waals surface area contributed by atoms with Gasteiger partial charge in [0.25, 0.3) is 0 Å². The van der Waals surface area contributed by atoms with Crippen LogP contribution in [-0.2, 0) is 0 Å². The molecule has 1 aromatic rings. The van der Waals surface area contributed by atoms with Crippen LogP contribution in [0, 0.1) is 18.8 Å². The van der Waals surface area contributed by atoms with Crippen molar-refractivity contribution in [2.75, 3.05) is 11.9 Å². The van der Waals surface area contributed by atoms with Gasteiger partial charge in [0.05, 0.1) is 6.54 Å². The fraction of sp³-hybridized carbons (Fsp3) is 0.333. The van der Waals surface area contributed by atoms with Crippen LogP contribution in [0.4, 0.5) is 5.82 Å². The number of anilines is 1. The fourth-order valence-corrected chi connectivity index (χ4v) is 0.778. The summed E-state index contributed by atoms with van der Waals surface area (Å²) < 4.78 is 0. The van der Waals surface area contributed by atoms with E-state index < -0.39 is 0 Å².